The van der Waals surface area contributed by atoms with E-state index >= 15 is 0 Å². The lowest BCUT2D eigenvalue weighted by molar-refractivity contribution is -0.161. The largest absolute Gasteiger partial charge is 0.472 e. The summed E-state index contributed by atoms with van der Waals surface area (Å²) in [5.41, 5.74) is 0. The van der Waals surface area contributed by atoms with Gasteiger partial charge in [-0.05, 0) is 167 Å². The van der Waals surface area contributed by atoms with Gasteiger partial charge in [0.2, 0.25) is 0 Å². The zero-order valence-corrected chi connectivity index (χ0v) is 69.0. The number of phosphoric ester groups is 2. The van der Waals surface area contributed by atoms with Crippen molar-refractivity contribution in [3.63, 3.8) is 0 Å². The first kappa shape index (κ1) is 102. The molecule has 0 aliphatic carbocycles. The second-order valence-corrected chi connectivity index (χ2v) is 29.9. The maximum absolute atomic E-state index is 13.1. The minimum atomic E-state index is -5.01. The molecule has 0 amide bonds. The van der Waals surface area contributed by atoms with Crippen LogP contribution in [0.1, 0.15) is 310 Å². The molecule has 0 aromatic rings. The van der Waals surface area contributed by atoms with Crippen molar-refractivity contribution >= 4 is 39.5 Å². The highest BCUT2D eigenvalue weighted by Crippen LogP contribution is 2.45. The van der Waals surface area contributed by atoms with E-state index in [1.807, 2.05) is 36.5 Å². The summed E-state index contributed by atoms with van der Waals surface area (Å²) in [6, 6.07) is 0. The minimum absolute atomic E-state index is 0.0279. The fraction of sp³-hybridized carbons (Fsp3) is 0.640. The lowest BCUT2D eigenvalue weighted by atomic mass is 10.1. The molecule has 0 heterocycles. The molecule has 108 heavy (non-hydrogen) atoms. The zero-order valence-electron chi connectivity index (χ0n) is 67.2. The van der Waals surface area contributed by atoms with Gasteiger partial charge >= 0.3 is 39.5 Å². The number of carbonyl (C=O) groups excluding carboxylic acids is 4. The molecule has 0 aromatic heterocycles. The summed E-state index contributed by atoms with van der Waals surface area (Å²) in [4.78, 5) is 73.1. The average molecular weight is 1550 g/mol. The molecule has 0 rings (SSSR count). The number of esters is 4. The smallest absolute Gasteiger partial charge is 0.462 e. The Kier molecular flexibility index (Phi) is 75.4. The highest BCUT2D eigenvalue weighted by molar-refractivity contribution is 7.47. The van der Waals surface area contributed by atoms with Crippen molar-refractivity contribution in [1.82, 2.24) is 0 Å². The van der Waals surface area contributed by atoms with E-state index < -0.39 is 97.5 Å². The van der Waals surface area contributed by atoms with E-state index in [0.29, 0.717) is 38.5 Å². The van der Waals surface area contributed by atoms with Gasteiger partial charge in [0.15, 0.2) is 12.2 Å². The van der Waals surface area contributed by atoms with Crippen LogP contribution < -0.4 is 0 Å². The van der Waals surface area contributed by atoms with Gasteiger partial charge in [0.25, 0.3) is 0 Å². The first-order valence-corrected chi connectivity index (χ1v) is 44.4. The Morgan fingerprint density at radius 1 is 0.259 bits per heavy atom. The molecule has 0 spiro atoms. The number of aliphatic hydroxyl groups excluding tert-OH is 1. The standard InChI is InChI=1S/C89H146O17P2/c1-5-9-13-17-21-25-29-33-37-39-41-43-47-49-53-57-61-65-69-73-86(91)99-79-84(105-88(93)75-71-67-63-59-55-51-45-35-31-27-23-19-15-11-7-3)81-103-107(95,96)101-77-83(90)78-102-108(97,98)104-82-85(106-89(94)76-72-68-64-60-56-52-46-36-32-28-24-20-16-12-8-4)80-100-87(92)74-70-66-62-58-54-50-48-44-42-40-38-34-30-26-22-18-14-10-6-2/h21-28,33-38,41-46,49-50,53-54,61-62,65-66,83-85,90H,5-20,29-32,39-40,47-48,51-52,55-60,63-64,67-82H2,1-4H3,(H,95,96)(H,97,98)/b25-21-,26-22-,27-23-,28-24-,37-33-,38-34-,43-41-,44-42-,45-35-,46-36-,53-49-,54-50-,65-61-,66-62-/t84-,85-/m1/s1. The molecule has 19 heteroatoms. The second-order valence-electron chi connectivity index (χ2n) is 27.0. The monoisotopic (exact) mass is 1550 g/mol. The van der Waals surface area contributed by atoms with Gasteiger partial charge in [0, 0.05) is 25.7 Å². The zero-order chi connectivity index (χ0) is 78.9. The van der Waals surface area contributed by atoms with Crippen LogP contribution in [0.5, 0.6) is 0 Å². The summed E-state index contributed by atoms with van der Waals surface area (Å²) < 4.78 is 68.5. The fourth-order valence-electron chi connectivity index (χ4n) is 10.3. The maximum Gasteiger partial charge on any atom is 0.472 e. The lowest BCUT2D eigenvalue weighted by Gasteiger charge is -2.21. The molecule has 0 fully saturated rings. The Morgan fingerprint density at radius 3 is 0.731 bits per heavy atom. The third-order valence-electron chi connectivity index (χ3n) is 16.6. The highest BCUT2D eigenvalue weighted by atomic mass is 31.2. The van der Waals surface area contributed by atoms with Gasteiger partial charge in [0.1, 0.15) is 19.3 Å². The van der Waals surface area contributed by atoms with Crippen molar-refractivity contribution in [2.45, 2.75) is 329 Å². The molecule has 0 aromatic carbocycles. The maximum atomic E-state index is 13.1. The Balaban J connectivity index is 5.52. The van der Waals surface area contributed by atoms with E-state index in [-0.39, 0.29) is 25.7 Å². The number of unbranched alkanes of at least 4 members (excludes halogenated alkanes) is 22. The molecule has 0 saturated carbocycles. The number of phosphoric acid groups is 2. The first-order chi connectivity index (χ1) is 52.7. The van der Waals surface area contributed by atoms with Crippen molar-refractivity contribution in [3.8, 4) is 0 Å². The van der Waals surface area contributed by atoms with E-state index in [4.69, 9.17) is 37.0 Å². The van der Waals surface area contributed by atoms with Crippen LogP contribution in [0.2, 0.25) is 0 Å². The Hall–Kier alpha value is -5.58. The van der Waals surface area contributed by atoms with Gasteiger partial charge in [-0.2, -0.15) is 0 Å². The number of ether oxygens (including phenoxy) is 4. The summed E-state index contributed by atoms with van der Waals surface area (Å²) in [7, 11) is -10.0. The van der Waals surface area contributed by atoms with Gasteiger partial charge in [0.05, 0.1) is 26.4 Å². The molecule has 0 aliphatic heterocycles. The molecule has 614 valence electrons. The van der Waals surface area contributed by atoms with Crippen molar-refractivity contribution in [3.05, 3.63) is 170 Å². The summed E-state index contributed by atoms with van der Waals surface area (Å²) in [5.74, 6) is -2.41. The number of allylic oxidation sites excluding steroid dienone is 28. The van der Waals surface area contributed by atoms with Crippen molar-refractivity contribution in [2.24, 2.45) is 0 Å². The van der Waals surface area contributed by atoms with Crippen LogP contribution in [0.4, 0.5) is 0 Å². The number of aliphatic hydroxyl groups is 1. The molecule has 0 bridgehead atoms. The van der Waals surface area contributed by atoms with E-state index in [2.05, 4.69) is 161 Å². The van der Waals surface area contributed by atoms with Crippen LogP contribution in [0, 0.1) is 0 Å². The van der Waals surface area contributed by atoms with Crippen molar-refractivity contribution in [2.75, 3.05) is 39.6 Å². The fourth-order valence-corrected chi connectivity index (χ4v) is 11.9. The number of carbonyl (C=O) groups is 4. The van der Waals surface area contributed by atoms with Gasteiger partial charge in [-0.1, -0.05) is 288 Å². The molecule has 17 nitrogen and oxygen atoms in total. The highest BCUT2D eigenvalue weighted by Gasteiger charge is 2.30. The third-order valence-corrected chi connectivity index (χ3v) is 18.6. The predicted octanol–water partition coefficient (Wildman–Crippen LogP) is 24.6. The third kappa shape index (κ3) is 78.5. The van der Waals surface area contributed by atoms with Crippen LogP contribution >= 0.6 is 15.6 Å². The summed E-state index contributed by atoms with van der Waals surface area (Å²) in [6.45, 7) is 4.56. The molecule has 0 radical (unpaired) electrons. The number of rotatable bonds is 76. The predicted molar refractivity (Wildman–Crippen MR) is 445 cm³/mol. The summed E-state index contributed by atoms with van der Waals surface area (Å²) in [5, 5.41) is 10.7. The average Bonchev–Trinajstić information content (AvgIpc) is 0.923. The van der Waals surface area contributed by atoms with E-state index in [1.54, 1.807) is 0 Å². The summed E-state index contributed by atoms with van der Waals surface area (Å²) >= 11 is 0. The molecule has 2 unspecified atom stereocenters. The normalized spacial score (nSPS) is 14.7. The molecular weight excluding hydrogens is 1400 g/mol. The van der Waals surface area contributed by atoms with E-state index in [9.17, 15) is 43.2 Å². The van der Waals surface area contributed by atoms with E-state index in [1.165, 1.54) is 77.0 Å². The molecule has 0 saturated heterocycles. The van der Waals surface area contributed by atoms with Gasteiger partial charge in [-0.3, -0.25) is 37.3 Å². The first-order valence-electron chi connectivity index (χ1n) is 41.4. The molecule has 3 N–H and O–H groups in total. The Morgan fingerprint density at radius 2 is 0.472 bits per heavy atom. The van der Waals surface area contributed by atoms with Crippen molar-refractivity contribution < 1.29 is 80.2 Å². The SMILES string of the molecule is CCCCC/C=C\C/C=C\C/C=C\C/C=C\C/C=C\CCC(=O)OC[C@H](COP(=O)(O)OCC(O)COP(=O)(O)OC[C@@H](COC(=O)CC/C=C\C/C=C\C/C=C\C/C=C\C/C=C\CCCCC)OC(=O)CCCCCCC/C=C\C/C=C\CCCCC)OC(=O)CCCCCCC/C=C\C/C=C\CCCCC. The van der Waals surface area contributed by atoms with Crippen LogP contribution in [0.25, 0.3) is 0 Å². The minimum Gasteiger partial charge on any atom is -0.462 e. The van der Waals surface area contributed by atoms with Gasteiger partial charge < -0.3 is 33.8 Å². The van der Waals surface area contributed by atoms with Gasteiger partial charge in [-0.15, -0.1) is 0 Å². The molecular formula is C89H146O17P2. The number of hydrogen-bond donors (Lipinski definition) is 3. The Bertz CT molecular complexity index is 2530. The Labute approximate surface area is 654 Å². The second kappa shape index (κ2) is 79.5. The van der Waals surface area contributed by atoms with Crippen LogP contribution in [-0.4, -0.2) is 96.7 Å². The van der Waals surface area contributed by atoms with Crippen molar-refractivity contribution in [1.29, 1.82) is 0 Å². The van der Waals surface area contributed by atoms with Gasteiger partial charge in [-0.25, -0.2) is 9.13 Å². The molecule has 4 atom stereocenters. The lowest BCUT2D eigenvalue weighted by Crippen LogP contribution is -2.30. The van der Waals surface area contributed by atoms with Crippen LogP contribution in [0.15, 0.2) is 170 Å². The summed E-state index contributed by atoms with van der Waals surface area (Å²) in [6.07, 6.45) is 94.9. The van der Waals surface area contributed by atoms with Crippen LogP contribution in [-0.2, 0) is 65.4 Å². The quantitative estimate of drug-likeness (QED) is 0.0169. The molecule has 0 aliphatic rings. The number of hydrogen-bond acceptors (Lipinski definition) is 15. The topological polar surface area (TPSA) is 237 Å². The van der Waals surface area contributed by atoms with Crippen LogP contribution in [0.3, 0.4) is 0 Å². The van der Waals surface area contributed by atoms with E-state index in [0.717, 1.165) is 141 Å².